The number of nitrogens with one attached hydrogen (secondary N) is 1. The largest absolute Gasteiger partial charge is 0.378 e. The van der Waals surface area contributed by atoms with Crippen LogP contribution in [0.25, 0.3) is 0 Å². The third-order valence-corrected chi connectivity index (χ3v) is 4.40. The van der Waals surface area contributed by atoms with Crippen molar-refractivity contribution in [2.45, 2.75) is 19.9 Å². The van der Waals surface area contributed by atoms with Gasteiger partial charge in [-0.15, -0.1) is 0 Å². The molecule has 1 unspecified atom stereocenters. The third-order valence-electron chi connectivity index (χ3n) is 2.99. The lowest BCUT2D eigenvalue weighted by Crippen LogP contribution is -2.08. The average Bonchev–Trinajstić information content (AvgIpc) is 2.32. The zero-order valence-corrected chi connectivity index (χ0v) is 14.6. The maximum absolute atomic E-state index is 5.97. The van der Waals surface area contributed by atoms with Crippen molar-refractivity contribution >= 4 is 49.1 Å². The van der Waals surface area contributed by atoms with Gasteiger partial charge >= 0.3 is 0 Å². The van der Waals surface area contributed by atoms with Gasteiger partial charge in [0.25, 0.3) is 0 Å². The zero-order valence-electron chi connectivity index (χ0n) is 10.7. The minimum atomic E-state index is 0.211. The number of rotatable bonds is 3. The second kappa shape index (κ2) is 6.29. The Morgan fingerprint density at radius 3 is 2.47 bits per heavy atom. The molecule has 0 saturated carbocycles. The Morgan fingerprint density at radius 1 is 1.11 bits per heavy atom. The van der Waals surface area contributed by atoms with Crippen LogP contribution in [0.5, 0.6) is 0 Å². The van der Waals surface area contributed by atoms with E-state index in [1.807, 2.05) is 24.3 Å². The number of benzene rings is 2. The highest BCUT2D eigenvalue weighted by Crippen LogP contribution is 2.30. The molecule has 0 saturated heterocycles. The average molecular weight is 404 g/mol. The van der Waals surface area contributed by atoms with E-state index in [2.05, 4.69) is 63.2 Å². The van der Waals surface area contributed by atoms with Gasteiger partial charge in [0.05, 0.1) is 0 Å². The third kappa shape index (κ3) is 3.74. The first kappa shape index (κ1) is 14.9. The molecule has 0 heterocycles. The van der Waals surface area contributed by atoms with Crippen LogP contribution in [0.15, 0.2) is 45.3 Å². The van der Waals surface area contributed by atoms with Gasteiger partial charge in [-0.1, -0.05) is 49.5 Å². The summed E-state index contributed by atoms with van der Waals surface area (Å²) >= 11 is 13.0. The Balaban J connectivity index is 2.23. The highest BCUT2D eigenvalue weighted by molar-refractivity contribution is 9.11. The van der Waals surface area contributed by atoms with Crippen LogP contribution >= 0.6 is 43.5 Å². The molecule has 0 fully saturated rings. The summed E-state index contributed by atoms with van der Waals surface area (Å²) in [5.74, 6) is 0. The Kier molecular flexibility index (Phi) is 4.93. The van der Waals surface area contributed by atoms with Crippen LogP contribution in [0.3, 0.4) is 0 Å². The van der Waals surface area contributed by atoms with Crippen molar-refractivity contribution in [2.24, 2.45) is 0 Å². The fourth-order valence-corrected chi connectivity index (χ4v) is 3.57. The molecule has 0 amide bonds. The van der Waals surface area contributed by atoms with E-state index in [0.717, 1.165) is 25.2 Å². The molecule has 1 nitrogen and oxygen atoms in total. The van der Waals surface area contributed by atoms with Gasteiger partial charge in [-0.25, -0.2) is 0 Å². The molecule has 19 heavy (non-hydrogen) atoms. The van der Waals surface area contributed by atoms with Crippen LogP contribution in [-0.4, -0.2) is 0 Å². The monoisotopic (exact) mass is 401 g/mol. The number of anilines is 1. The highest BCUT2D eigenvalue weighted by Gasteiger charge is 2.10. The number of halogens is 3. The molecule has 0 bridgehead atoms. The lowest BCUT2D eigenvalue weighted by molar-refractivity contribution is 0.876. The van der Waals surface area contributed by atoms with Gasteiger partial charge in [0.2, 0.25) is 0 Å². The molecule has 4 heteroatoms. The highest BCUT2D eigenvalue weighted by atomic mass is 79.9. The van der Waals surface area contributed by atoms with Crippen molar-refractivity contribution in [1.82, 2.24) is 0 Å². The first-order chi connectivity index (χ1) is 8.97. The molecule has 1 atom stereocenters. The normalized spacial score (nSPS) is 12.3. The van der Waals surface area contributed by atoms with E-state index < -0.39 is 0 Å². The van der Waals surface area contributed by atoms with Gasteiger partial charge in [-0.05, 0) is 55.3 Å². The first-order valence-electron chi connectivity index (χ1n) is 5.95. The van der Waals surface area contributed by atoms with Crippen molar-refractivity contribution in [2.75, 3.05) is 5.32 Å². The Hall–Kier alpha value is -0.510. The van der Waals surface area contributed by atoms with Gasteiger partial charge in [0.1, 0.15) is 0 Å². The summed E-state index contributed by atoms with van der Waals surface area (Å²) in [4.78, 5) is 0. The van der Waals surface area contributed by atoms with E-state index in [4.69, 9.17) is 11.6 Å². The van der Waals surface area contributed by atoms with Gasteiger partial charge in [-0.3, -0.25) is 0 Å². The first-order valence-corrected chi connectivity index (χ1v) is 7.91. The summed E-state index contributed by atoms with van der Waals surface area (Å²) in [6.07, 6.45) is 0. The van der Waals surface area contributed by atoms with E-state index in [0.29, 0.717) is 0 Å². The Morgan fingerprint density at radius 2 is 1.84 bits per heavy atom. The number of hydrogen-bond acceptors (Lipinski definition) is 1. The standard InChI is InChI=1S/C15H14Br2ClN/c1-9-7-12(18)4-6-15(9)19-10(2)13-5-3-11(16)8-14(13)17/h3-8,10,19H,1-2H3. The van der Waals surface area contributed by atoms with Crippen LogP contribution in [0, 0.1) is 6.92 Å². The minimum absolute atomic E-state index is 0.211. The van der Waals surface area contributed by atoms with Crippen LogP contribution in [0.1, 0.15) is 24.1 Å². The maximum Gasteiger partial charge on any atom is 0.0496 e. The fourth-order valence-electron chi connectivity index (χ4n) is 1.95. The van der Waals surface area contributed by atoms with Crippen molar-refractivity contribution in [3.63, 3.8) is 0 Å². The summed E-state index contributed by atoms with van der Waals surface area (Å²) in [5.41, 5.74) is 3.47. The number of hydrogen-bond donors (Lipinski definition) is 1. The molecule has 0 aliphatic heterocycles. The van der Waals surface area contributed by atoms with E-state index in [1.165, 1.54) is 5.56 Å². The lowest BCUT2D eigenvalue weighted by atomic mass is 10.1. The number of aryl methyl sites for hydroxylation is 1. The van der Waals surface area contributed by atoms with E-state index >= 15 is 0 Å². The summed E-state index contributed by atoms with van der Waals surface area (Å²) in [7, 11) is 0. The van der Waals surface area contributed by atoms with Crippen molar-refractivity contribution in [3.8, 4) is 0 Å². The van der Waals surface area contributed by atoms with E-state index in [1.54, 1.807) is 0 Å². The molecule has 0 spiro atoms. The SMILES string of the molecule is Cc1cc(Cl)ccc1NC(C)c1ccc(Br)cc1Br. The zero-order chi connectivity index (χ0) is 14.0. The van der Waals surface area contributed by atoms with Gasteiger partial charge < -0.3 is 5.32 Å². The summed E-state index contributed by atoms with van der Waals surface area (Å²) < 4.78 is 2.16. The predicted octanol–water partition coefficient (Wildman–Crippen LogP) is 6.35. The lowest BCUT2D eigenvalue weighted by Gasteiger charge is -2.19. The quantitative estimate of drug-likeness (QED) is 0.630. The molecule has 2 aromatic rings. The molecule has 2 aromatic carbocycles. The van der Waals surface area contributed by atoms with Gasteiger partial charge in [-0.2, -0.15) is 0 Å². The van der Waals surface area contributed by atoms with Crippen molar-refractivity contribution < 1.29 is 0 Å². The smallest absolute Gasteiger partial charge is 0.0496 e. The topological polar surface area (TPSA) is 12.0 Å². The molecule has 1 N–H and O–H groups in total. The van der Waals surface area contributed by atoms with Crippen LogP contribution in [0.4, 0.5) is 5.69 Å². The second-order valence-corrected chi connectivity index (χ2v) is 6.70. The van der Waals surface area contributed by atoms with Crippen LogP contribution < -0.4 is 5.32 Å². The molecule has 0 aromatic heterocycles. The predicted molar refractivity (Wildman–Crippen MR) is 90.1 cm³/mol. The fraction of sp³-hybridized carbons (Fsp3) is 0.200. The Bertz CT molecular complexity index is 599. The molecule has 2 rings (SSSR count). The molecule has 0 aliphatic rings. The van der Waals surface area contributed by atoms with Crippen molar-refractivity contribution in [1.29, 1.82) is 0 Å². The molecular weight excluding hydrogens is 389 g/mol. The van der Waals surface area contributed by atoms with E-state index in [-0.39, 0.29) is 6.04 Å². The summed E-state index contributed by atoms with van der Waals surface area (Å²) in [6.45, 7) is 4.19. The molecule has 0 aliphatic carbocycles. The van der Waals surface area contributed by atoms with Gasteiger partial charge in [0, 0.05) is 25.7 Å². The van der Waals surface area contributed by atoms with Crippen LogP contribution in [0.2, 0.25) is 5.02 Å². The minimum Gasteiger partial charge on any atom is -0.378 e. The van der Waals surface area contributed by atoms with Crippen LogP contribution in [-0.2, 0) is 0 Å². The van der Waals surface area contributed by atoms with E-state index in [9.17, 15) is 0 Å². The Labute approximate surface area is 135 Å². The molecule has 0 radical (unpaired) electrons. The van der Waals surface area contributed by atoms with Gasteiger partial charge in [0.15, 0.2) is 0 Å². The van der Waals surface area contributed by atoms with Crippen molar-refractivity contribution in [3.05, 3.63) is 61.5 Å². The second-order valence-electron chi connectivity index (χ2n) is 4.49. The molecular formula is C15H14Br2ClN. The molecule has 100 valence electrons. The summed E-state index contributed by atoms with van der Waals surface area (Å²) in [6, 6.07) is 12.3. The summed E-state index contributed by atoms with van der Waals surface area (Å²) in [5, 5.41) is 4.27. The maximum atomic E-state index is 5.97.